The fraction of sp³-hybridized carbons (Fsp3) is 0.333. The summed E-state index contributed by atoms with van der Waals surface area (Å²) in [5.74, 6) is -2.69. The molecule has 0 N–H and O–H groups in total. The van der Waals surface area contributed by atoms with E-state index in [2.05, 4.69) is 25.2 Å². The average molecular weight is 489 g/mol. The number of alkyl halides is 3. The monoisotopic (exact) mass is 489 g/mol. The Morgan fingerprint density at radius 2 is 1.77 bits per heavy atom. The maximum atomic E-state index is 14.3. The van der Waals surface area contributed by atoms with Crippen molar-refractivity contribution < 1.29 is 22.4 Å². The zero-order valence-corrected chi connectivity index (χ0v) is 18.2. The summed E-state index contributed by atoms with van der Waals surface area (Å²) < 4.78 is 53.3. The molecule has 14 heteroatoms. The third-order valence-electron chi connectivity index (χ3n) is 5.72. The Balaban J connectivity index is 1.27. The van der Waals surface area contributed by atoms with E-state index in [1.165, 1.54) is 5.01 Å². The van der Waals surface area contributed by atoms with E-state index in [0.717, 1.165) is 18.1 Å². The van der Waals surface area contributed by atoms with E-state index in [1.54, 1.807) is 16.0 Å². The van der Waals surface area contributed by atoms with Crippen molar-refractivity contribution in [3.8, 4) is 5.82 Å². The van der Waals surface area contributed by atoms with Crippen LogP contribution in [0.1, 0.15) is 23.9 Å². The molecule has 2 aliphatic heterocycles. The predicted octanol–water partition coefficient (Wildman–Crippen LogP) is 2.89. The number of hydrogen-bond acceptors (Lipinski definition) is 7. The van der Waals surface area contributed by atoms with E-state index in [1.807, 2.05) is 30.3 Å². The molecule has 35 heavy (non-hydrogen) atoms. The van der Waals surface area contributed by atoms with Gasteiger partial charge in [-0.2, -0.15) is 27.9 Å². The Labute approximate surface area is 196 Å². The summed E-state index contributed by atoms with van der Waals surface area (Å²) in [5.41, 5.74) is 0.992. The Morgan fingerprint density at radius 3 is 2.46 bits per heavy atom. The Morgan fingerprint density at radius 1 is 1.03 bits per heavy atom. The summed E-state index contributed by atoms with van der Waals surface area (Å²) >= 11 is 0. The number of hydrogen-bond donors (Lipinski definition) is 0. The van der Waals surface area contributed by atoms with E-state index in [-0.39, 0.29) is 18.0 Å². The number of hydrazone groups is 1. The lowest BCUT2D eigenvalue weighted by Crippen LogP contribution is -2.52. The number of aromatic nitrogens is 5. The molecule has 182 valence electrons. The van der Waals surface area contributed by atoms with Gasteiger partial charge in [-0.05, 0) is 5.56 Å². The lowest BCUT2D eigenvalue weighted by Gasteiger charge is -2.37. The third kappa shape index (κ3) is 4.50. The molecule has 0 aliphatic carbocycles. The van der Waals surface area contributed by atoms with Gasteiger partial charge >= 0.3 is 12.2 Å². The number of rotatable bonds is 3. The summed E-state index contributed by atoms with van der Waals surface area (Å²) in [4.78, 5) is 27.7. The minimum absolute atomic E-state index is 0.110. The maximum absolute atomic E-state index is 14.3. The van der Waals surface area contributed by atoms with Crippen LogP contribution in [0.15, 0.2) is 48.0 Å². The SMILES string of the molecule is O=C(N1CCN(c2ncc(F)c(-n3cnc(C(F)(F)F)n3)n2)CC1)N1N=CC[C@H]1c1ccccc1. The quantitative estimate of drug-likeness (QED) is 0.525. The topological polar surface area (TPSA) is 95.6 Å². The molecule has 1 atom stereocenters. The molecule has 1 aromatic carbocycles. The summed E-state index contributed by atoms with van der Waals surface area (Å²) in [6.45, 7) is 1.36. The molecule has 0 radical (unpaired) electrons. The number of urea groups is 1. The average Bonchev–Trinajstić information content (AvgIpc) is 3.55. The van der Waals surface area contributed by atoms with Crippen LogP contribution in [0.3, 0.4) is 0 Å². The number of piperazine rings is 1. The molecule has 0 unspecified atom stereocenters. The van der Waals surface area contributed by atoms with Crippen LogP contribution >= 0.6 is 0 Å². The van der Waals surface area contributed by atoms with Crippen LogP contribution in [-0.2, 0) is 6.18 Å². The van der Waals surface area contributed by atoms with Crippen LogP contribution in [0.4, 0.5) is 28.3 Å². The second-order valence-electron chi connectivity index (χ2n) is 7.91. The van der Waals surface area contributed by atoms with Gasteiger partial charge in [0.05, 0.1) is 12.2 Å². The van der Waals surface area contributed by atoms with E-state index < -0.39 is 23.6 Å². The van der Waals surface area contributed by atoms with Crippen LogP contribution < -0.4 is 4.90 Å². The highest BCUT2D eigenvalue weighted by molar-refractivity contribution is 5.78. The molecule has 10 nitrogen and oxygen atoms in total. The van der Waals surface area contributed by atoms with Crippen LogP contribution in [0, 0.1) is 5.82 Å². The van der Waals surface area contributed by atoms with E-state index >= 15 is 0 Å². The van der Waals surface area contributed by atoms with Gasteiger partial charge in [0.25, 0.3) is 5.82 Å². The second kappa shape index (κ2) is 8.92. The van der Waals surface area contributed by atoms with Gasteiger partial charge in [0, 0.05) is 38.8 Å². The Kier molecular flexibility index (Phi) is 5.78. The standard InChI is InChI=1S/C21H19F4N9O/c22-15-12-26-19(29-17(15)33-13-27-18(30-33)21(23,24)25)31-8-10-32(11-9-31)20(35)34-16(6-7-28-34)14-4-2-1-3-5-14/h1-5,7,12-13,16H,6,8-11H2/t16-/m0/s1. The van der Waals surface area contributed by atoms with E-state index in [0.29, 0.717) is 37.3 Å². The minimum atomic E-state index is -4.76. The number of nitrogens with zero attached hydrogens (tertiary/aromatic N) is 9. The fourth-order valence-corrected chi connectivity index (χ4v) is 3.95. The van der Waals surface area contributed by atoms with Crippen molar-refractivity contribution in [3.05, 3.63) is 60.1 Å². The number of anilines is 1. The van der Waals surface area contributed by atoms with Gasteiger partial charge in [-0.15, -0.1) is 5.10 Å². The second-order valence-corrected chi connectivity index (χ2v) is 7.91. The Bertz CT molecular complexity index is 1240. The van der Waals surface area contributed by atoms with Gasteiger partial charge < -0.3 is 9.80 Å². The van der Waals surface area contributed by atoms with Crippen molar-refractivity contribution >= 4 is 18.2 Å². The smallest absolute Gasteiger partial charge is 0.337 e. The zero-order chi connectivity index (χ0) is 24.6. The molecule has 4 heterocycles. The fourth-order valence-electron chi connectivity index (χ4n) is 3.95. The van der Waals surface area contributed by atoms with Crippen molar-refractivity contribution in [2.24, 2.45) is 5.10 Å². The van der Waals surface area contributed by atoms with Gasteiger partial charge in [0.15, 0.2) is 11.6 Å². The third-order valence-corrected chi connectivity index (χ3v) is 5.72. The van der Waals surface area contributed by atoms with Crippen LogP contribution in [0.2, 0.25) is 0 Å². The van der Waals surface area contributed by atoms with Crippen LogP contribution in [0.5, 0.6) is 0 Å². The van der Waals surface area contributed by atoms with Crippen molar-refractivity contribution in [1.29, 1.82) is 0 Å². The molecule has 0 spiro atoms. The van der Waals surface area contributed by atoms with E-state index in [9.17, 15) is 22.4 Å². The summed E-state index contributed by atoms with van der Waals surface area (Å²) in [5, 5.41) is 9.00. The highest BCUT2D eigenvalue weighted by Gasteiger charge is 2.36. The molecule has 2 aromatic heterocycles. The molecular weight excluding hydrogens is 470 g/mol. The first-order valence-corrected chi connectivity index (χ1v) is 10.7. The van der Waals surface area contributed by atoms with Crippen LogP contribution in [0.25, 0.3) is 5.82 Å². The van der Waals surface area contributed by atoms with Crippen molar-refractivity contribution in [2.75, 3.05) is 31.1 Å². The number of carbonyl (C=O) groups excluding carboxylic acids is 1. The summed E-state index contributed by atoms with van der Waals surface area (Å²) in [6.07, 6.45) is -0.810. The molecule has 2 aliphatic rings. The summed E-state index contributed by atoms with van der Waals surface area (Å²) in [6, 6.07) is 9.24. The minimum Gasteiger partial charge on any atom is -0.337 e. The maximum Gasteiger partial charge on any atom is 0.453 e. The highest BCUT2D eigenvalue weighted by Crippen LogP contribution is 2.29. The molecule has 3 aromatic rings. The summed E-state index contributed by atoms with van der Waals surface area (Å²) in [7, 11) is 0. The van der Waals surface area contributed by atoms with Crippen molar-refractivity contribution in [3.63, 3.8) is 0 Å². The predicted molar refractivity (Wildman–Crippen MR) is 115 cm³/mol. The van der Waals surface area contributed by atoms with Gasteiger partial charge in [-0.1, -0.05) is 30.3 Å². The van der Waals surface area contributed by atoms with Gasteiger partial charge in [0.1, 0.15) is 6.33 Å². The highest BCUT2D eigenvalue weighted by atomic mass is 19.4. The Hall–Kier alpha value is -4.10. The normalized spacial score (nSPS) is 18.4. The van der Waals surface area contributed by atoms with Gasteiger partial charge in [-0.25, -0.2) is 24.2 Å². The first-order valence-electron chi connectivity index (χ1n) is 10.7. The molecule has 1 saturated heterocycles. The lowest BCUT2D eigenvalue weighted by molar-refractivity contribution is -0.144. The lowest BCUT2D eigenvalue weighted by atomic mass is 10.1. The number of halogens is 4. The van der Waals surface area contributed by atoms with Gasteiger partial charge in [-0.3, -0.25) is 0 Å². The largest absolute Gasteiger partial charge is 0.453 e. The molecular formula is C21H19F4N9O. The van der Waals surface area contributed by atoms with Crippen molar-refractivity contribution in [2.45, 2.75) is 18.6 Å². The van der Waals surface area contributed by atoms with Crippen LogP contribution in [-0.4, -0.2) is 73.1 Å². The first-order chi connectivity index (χ1) is 16.8. The molecule has 5 rings (SSSR count). The number of amides is 2. The molecule has 0 saturated carbocycles. The number of carbonyl (C=O) groups is 1. The zero-order valence-electron chi connectivity index (χ0n) is 18.2. The van der Waals surface area contributed by atoms with E-state index in [4.69, 9.17) is 0 Å². The van der Waals surface area contributed by atoms with Crippen molar-refractivity contribution in [1.82, 2.24) is 34.6 Å². The number of benzene rings is 1. The molecule has 1 fully saturated rings. The van der Waals surface area contributed by atoms with Gasteiger partial charge in [0.2, 0.25) is 5.95 Å². The molecule has 2 amide bonds. The first kappa shape index (κ1) is 22.7. The molecule has 0 bridgehead atoms.